The van der Waals surface area contributed by atoms with Crippen molar-refractivity contribution in [3.8, 4) is 5.69 Å². The molecule has 3 aromatic carbocycles. The molecule has 2 heterocycles. The standard InChI is InChI=1S/C32H28N2/c1-4-11-25-27-20-22(16-18-30(27)33(3)29(25)5-2)23-17-19-32-28(21-23)26-14-9-10-15-31(26)34(32)24-12-7-6-8-13-24/h4-16,18,20-21H,2,17,19H2,1,3H3/b11-4-. The molecule has 0 radical (unpaired) electrons. The van der Waals surface area contributed by atoms with Crippen molar-refractivity contribution < 1.29 is 0 Å². The molecule has 0 saturated heterocycles. The first-order chi connectivity index (χ1) is 16.7. The number of aryl methyl sites for hydroxylation is 1. The van der Waals surface area contributed by atoms with Crippen LogP contribution in [0.4, 0.5) is 0 Å². The molecule has 0 amide bonds. The van der Waals surface area contributed by atoms with Gasteiger partial charge in [0.1, 0.15) is 0 Å². The highest BCUT2D eigenvalue weighted by Gasteiger charge is 2.22. The second-order valence-corrected chi connectivity index (χ2v) is 9.01. The molecule has 0 saturated carbocycles. The quantitative estimate of drug-likeness (QED) is 0.266. The molecule has 1 aliphatic carbocycles. The molecule has 5 aromatic rings. The van der Waals surface area contributed by atoms with E-state index in [0.29, 0.717) is 0 Å². The number of rotatable bonds is 4. The van der Waals surface area contributed by atoms with Gasteiger partial charge in [-0.3, -0.25) is 0 Å². The van der Waals surface area contributed by atoms with Gasteiger partial charge in [-0.1, -0.05) is 61.2 Å². The van der Waals surface area contributed by atoms with Gasteiger partial charge in [0.2, 0.25) is 0 Å². The molecule has 6 rings (SSSR count). The van der Waals surface area contributed by atoms with Crippen molar-refractivity contribution in [3.63, 3.8) is 0 Å². The van der Waals surface area contributed by atoms with Crippen molar-refractivity contribution >= 4 is 45.6 Å². The van der Waals surface area contributed by atoms with E-state index in [9.17, 15) is 0 Å². The number of allylic oxidation sites excluding steroid dienone is 2. The van der Waals surface area contributed by atoms with Gasteiger partial charge in [0.15, 0.2) is 0 Å². The van der Waals surface area contributed by atoms with Crippen molar-refractivity contribution in [3.05, 3.63) is 114 Å². The van der Waals surface area contributed by atoms with Gasteiger partial charge in [-0.05, 0) is 73.4 Å². The lowest BCUT2D eigenvalue weighted by molar-refractivity contribution is 0.898. The summed E-state index contributed by atoms with van der Waals surface area (Å²) in [6.45, 7) is 6.13. The second kappa shape index (κ2) is 8.07. The number of nitrogens with zero attached hydrogens (tertiary/aromatic N) is 2. The third kappa shape index (κ3) is 3.03. The molecule has 34 heavy (non-hydrogen) atoms. The van der Waals surface area contributed by atoms with Crippen LogP contribution in [-0.4, -0.2) is 9.13 Å². The fourth-order valence-electron chi connectivity index (χ4n) is 5.61. The maximum absolute atomic E-state index is 4.06. The summed E-state index contributed by atoms with van der Waals surface area (Å²) in [6.07, 6.45) is 10.7. The van der Waals surface area contributed by atoms with E-state index in [2.05, 4.69) is 121 Å². The van der Waals surface area contributed by atoms with Crippen molar-refractivity contribution in [2.75, 3.05) is 0 Å². The monoisotopic (exact) mass is 440 g/mol. The molecule has 0 bridgehead atoms. The molecule has 2 aromatic heterocycles. The zero-order valence-electron chi connectivity index (χ0n) is 19.8. The zero-order chi connectivity index (χ0) is 23.2. The average molecular weight is 441 g/mol. The molecule has 2 nitrogen and oxygen atoms in total. The van der Waals surface area contributed by atoms with Crippen molar-refractivity contribution in [1.29, 1.82) is 0 Å². The van der Waals surface area contributed by atoms with E-state index in [4.69, 9.17) is 0 Å². The molecule has 0 fully saturated rings. The highest BCUT2D eigenvalue weighted by molar-refractivity contribution is 6.01. The van der Waals surface area contributed by atoms with Gasteiger partial charge < -0.3 is 9.13 Å². The Labute approximate surface area is 200 Å². The number of para-hydroxylation sites is 2. The SMILES string of the molecule is C=Cc1c(/C=C\C)c2cc(C3=Cc4c(n(-c5ccccc5)c5ccccc45)CC3)ccc2n1C. The number of fused-ring (bicyclic) bond motifs is 4. The van der Waals surface area contributed by atoms with Crippen LogP contribution in [0.25, 0.3) is 51.3 Å². The minimum atomic E-state index is 1.02. The molecule has 0 atom stereocenters. The fraction of sp³-hybridized carbons (Fsp3) is 0.125. The van der Waals surface area contributed by atoms with Crippen LogP contribution < -0.4 is 0 Å². The van der Waals surface area contributed by atoms with Gasteiger partial charge in [-0.15, -0.1) is 0 Å². The summed E-state index contributed by atoms with van der Waals surface area (Å²) in [6, 6.07) is 26.4. The van der Waals surface area contributed by atoms with E-state index < -0.39 is 0 Å². The lowest BCUT2D eigenvalue weighted by Crippen LogP contribution is -2.05. The first-order valence-electron chi connectivity index (χ1n) is 12.0. The van der Waals surface area contributed by atoms with Gasteiger partial charge in [0, 0.05) is 51.5 Å². The molecule has 0 spiro atoms. The summed E-state index contributed by atoms with van der Waals surface area (Å²) in [5.74, 6) is 0. The van der Waals surface area contributed by atoms with Crippen LogP contribution in [0.1, 0.15) is 41.4 Å². The largest absolute Gasteiger partial charge is 0.344 e. The molecule has 0 unspecified atom stereocenters. The normalized spacial score (nSPS) is 13.5. The van der Waals surface area contributed by atoms with Crippen LogP contribution in [0.2, 0.25) is 0 Å². The summed E-state index contributed by atoms with van der Waals surface area (Å²) >= 11 is 0. The molecule has 2 heteroatoms. The van der Waals surface area contributed by atoms with E-state index in [1.54, 1.807) is 0 Å². The number of aromatic nitrogens is 2. The maximum Gasteiger partial charge on any atom is 0.0537 e. The first-order valence-corrected chi connectivity index (χ1v) is 12.0. The Hall–Kier alpha value is -4.04. The highest BCUT2D eigenvalue weighted by Crippen LogP contribution is 2.39. The number of benzene rings is 3. The Morgan fingerprint density at radius 3 is 2.44 bits per heavy atom. The minimum absolute atomic E-state index is 1.02. The van der Waals surface area contributed by atoms with Crippen molar-refractivity contribution in [2.45, 2.75) is 19.8 Å². The first kappa shape index (κ1) is 20.6. The molecule has 1 aliphatic rings. The summed E-state index contributed by atoms with van der Waals surface area (Å²) in [7, 11) is 2.12. The van der Waals surface area contributed by atoms with E-state index >= 15 is 0 Å². The lowest BCUT2D eigenvalue weighted by atomic mass is 9.90. The molecule has 0 N–H and O–H groups in total. The van der Waals surface area contributed by atoms with Gasteiger partial charge in [-0.25, -0.2) is 0 Å². The number of hydrogen-bond acceptors (Lipinski definition) is 0. The summed E-state index contributed by atoms with van der Waals surface area (Å²) in [5.41, 5.74) is 11.6. The Balaban J connectivity index is 1.55. The van der Waals surface area contributed by atoms with Crippen LogP contribution in [0, 0.1) is 0 Å². The fourth-order valence-corrected chi connectivity index (χ4v) is 5.61. The molecule has 0 aliphatic heterocycles. The van der Waals surface area contributed by atoms with Crippen LogP contribution in [0.5, 0.6) is 0 Å². The predicted molar refractivity (Wildman–Crippen MR) is 147 cm³/mol. The predicted octanol–water partition coefficient (Wildman–Crippen LogP) is 8.29. The lowest BCUT2D eigenvalue weighted by Gasteiger charge is -2.18. The minimum Gasteiger partial charge on any atom is -0.344 e. The molecular weight excluding hydrogens is 412 g/mol. The average Bonchev–Trinajstić information content (AvgIpc) is 3.35. The van der Waals surface area contributed by atoms with Crippen molar-refractivity contribution in [2.24, 2.45) is 7.05 Å². The van der Waals surface area contributed by atoms with Crippen molar-refractivity contribution in [1.82, 2.24) is 9.13 Å². The van der Waals surface area contributed by atoms with Crippen LogP contribution >= 0.6 is 0 Å². The maximum atomic E-state index is 4.06. The Kier molecular flexibility index (Phi) is 4.88. The van der Waals surface area contributed by atoms with Gasteiger partial charge in [0.05, 0.1) is 5.52 Å². The third-order valence-corrected chi connectivity index (χ3v) is 7.16. The number of hydrogen-bond donors (Lipinski definition) is 0. The van der Waals surface area contributed by atoms with Gasteiger partial charge >= 0.3 is 0 Å². The summed E-state index contributed by atoms with van der Waals surface area (Å²) < 4.78 is 4.68. The smallest absolute Gasteiger partial charge is 0.0537 e. The van der Waals surface area contributed by atoms with Gasteiger partial charge in [0.25, 0.3) is 0 Å². The topological polar surface area (TPSA) is 9.86 Å². The summed E-state index contributed by atoms with van der Waals surface area (Å²) in [4.78, 5) is 0. The Morgan fingerprint density at radius 2 is 1.65 bits per heavy atom. The van der Waals surface area contributed by atoms with E-state index in [1.807, 2.05) is 6.08 Å². The van der Waals surface area contributed by atoms with E-state index in [-0.39, 0.29) is 0 Å². The second-order valence-electron chi connectivity index (χ2n) is 9.01. The van der Waals surface area contributed by atoms with E-state index in [1.165, 1.54) is 55.5 Å². The Bertz CT molecular complexity index is 1620. The van der Waals surface area contributed by atoms with Crippen LogP contribution in [0.3, 0.4) is 0 Å². The van der Waals surface area contributed by atoms with Crippen LogP contribution in [0.15, 0.2) is 85.5 Å². The molecule has 166 valence electrons. The van der Waals surface area contributed by atoms with Crippen LogP contribution in [-0.2, 0) is 13.5 Å². The highest BCUT2D eigenvalue weighted by atomic mass is 15.0. The zero-order valence-corrected chi connectivity index (χ0v) is 19.8. The Morgan fingerprint density at radius 1 is 0.853 bits per heavy atom. The van der Waals surface area contributed by atoms with Gasteiger partial charge in [-0.2, -0.15) is 0 Å². The molecular formula is C32H28N2. The summed E-state index contributed by atoms with van der Waals surface area (Å²) in [5, 5.41) is 2.61. The third-order valence-electron chi connectivity index (χ3n) is 7.16. The van der Waals surface area contributed by atoms with E-state index in [0.717, 1.165) is 18.5 Å².